The topological polar surface area (TPSA) is 69.4 Å². The van der Waals surface area contributed by atoms with E-state index in [0.29, 0.717) is 23.8 Å². The van der Waals surface area contributed by atoms with Gasteiger partial charge in [-0.25, -0.2) is 14.5 Å². The second-order valence-corrected chi connectivity index (χ2v) is 8.11. The zero-order valence-electron chi connectivity index (χ0n) is 15.6. The van der Waals surface area contributed by atoms with Gasteiger partial charge in [-0.1, -0.05) is 44.2 Å². The molecule has 1 aliphatic carbocycles. The van der Waals surface area contributed by atoms with E-state index in [-0.39, 0.29) is 17.1 Å². The van der Waals surface area contributed by atoms with Gasteiger partial charge in [-0.3, -0.25) is 4.79 Å². The molecule has 2 aromatic heterocycles. The number of aryl methyl sites for hydroxylation is 1. The lowest BCUT2D eigenvalue weighted by Crippen LogP contribution is -2.33. The summed E-state index contributed by atoms with van der Waals surface area (Å²) in [5.41, 5.74) is 3.16. The van der Waals surface area contributed by atoms with Gasteiger partial charge in [0.05, 0.1) is 5.56 Å². The number of hydrogen-bond donors (Lipinski definition) is 0. The molecule has 1 aliphatic heterocycles. The molecule has 0 N–H and O–H groups in total. The first kappa shape index (κ1) is 16.2. The van der Waals surface area contributed by atoms with Crippen molar-refractivity contribution >= 4 is 11.4 Å². The maximum absolute atomic E-state index is 13.2. The van der Waals surface area contributed by atoms with Crippen molar-refractivity contribution in [2.75, 3.05) is 0 Å². The third-order valence-electron chi connectivity index (χ3n) is 5.30. The molecule has 6 nitrogen and oxygen atoms in total. The third-order valence-corrected chi connectivity index (χ3v) is 5.30. The normalized spacial score (nSPS) is 21.0. The van der Waals surface area contributed by atoms with Gasteiger partial charge in [0.1, 0.15) is 17.9 Å². The average molecular weight is 360 g/mol. The Hall–Kier alpha value is -3.02. The van der Waals surface area contributed by atoms with Gasteiger partial charge in [0.25, 0.3) is 0 Å². The summed E-state index contributed by atoms with van der Waals surface area (Å²) in [6.07, 6.45) is 2.85. The molecule has 5 rings (SSSR count). The van der Waals surface area contributed by atoms with E-state index in [1.54, 1.807) is 10.8 Å². The van der Waals surface area contributed by atoms with Crippen molar-refractivity contribution in [2.24, 2.45) is 5.41 Å². The summed E-state index contributed by atoms with van der Waals surface area (Å²) in [7, 11) is 0. The Balaban J connectivity index is 1.82. The Kier molecular flexibility index (Phi) is 3.29. The van der Waals surface area contributed by atoms with E-state index >= 15 is 0 Å². The summed E-state index contributed by atoms with van der Waals surface area (Å²) in [6.45, 7) is 6.05. The van der Waals surface area contributed by atoms with Crippen LogP contribution in [0.2, 0.25) is 0 Å². The van der Waals surface area contributed by atoms with Crippen LogP contribution in [0.5, 0.6) is 5.88 Å². The molecule has 1 aromatic carbocycles. The fourth-order valence-corrected chi connectivity index (χ4v) is 4.23. The molecule has 27 heavy (non-hydrogen) atoms. The fraction of sp³-hybridized carbons (Fsp3) is 0.333. The Morgan fingerprint density at radius 2 is 1.96 bits per heavy atom. The van der Waals surface area contributed by atoms with Gasteiger partial charge in [-0.15, -0.1) is 0 Å². The van der Waals surface area contributed by atoms with Crippen LogP contribution < -0.4 is 4.74 Å². The number of allylic oxidation sites excluding steroid dienone is 2. The van der Waals surface area contributed by atoms with Crippen molar-refractivity contribution in [1.82, 2.24) is 19.6 Å². The van der Waals surface area contributed by atoms with E-state index in [0.717, 1.165) is 28.9 Å². The minimum absolute atomic E-state index is 0.121. The predicted octanol–water partition coefficient (Wildman–Crippen LogP) is 3.60. The van der Waals surface area contributed by atoms with Crippen LogP contribution in [0, 0.1) is 12.3 Å². The molecule has 6 heteroatoms. The molecule has 2 aliphatic rings. The number of ether oxygens (including phenoxy) is 1. The summed E-state index contributed by atoms with van der Waals surface area (Å²) < 4.78 is 7.84. The standard InChI is InChI=1S/C21H20N4O2/c1-12-23-19-18-16(13-7-5-4-6-8-13)17-14(26)9-21(2,3)10-15(17)27-20(18)22-11-25(19)24-12/h4-8,11,16H,9-10H2,1-3H3. The highest BCUT2D eigenvalue weighted by molar-refractivity contribution is 6.00. The van der Waals surface area contributed by atoms with E-state index < -0.39 is 0 Å². The van der Waals surface area contributed by atoms with Gasteiger partial charge >= 0.3 is 0 Å². The summed E-state index contributed by atoms with van der Waals surface area (Å²) >= 11 is 0. The summed E-state index contributed by atoms with van der Waals surface area (Å²) in [6, 6.07) is 10.0. The van der Waals surface area contributed by atoms with Crippen molar-refractivity contribution in [3.63, 3.8) is 0 Å². The summed E-state index contributed by atoms with van der Waals surface area (Å²) in [5.74, 6) is 1.82. The van der Waals surface area contributed by atoms with E-state index in [1.807, 2.05) is 37.3 Å². The molecule has 0 saturated carbocycles. The summed E-state index contributed by atoms with van der Waals surface area (Å²) in [5, 5.41) is 4.38. The zero-order chi connectivity index (χ0) is 18.8. The minimum Gasteiger partial charge on any atom is -0.442 e. The Labute approximate surface area is 156 Å². The number of benzene rings is 1. The minimum atomic E-state index is -0.242. The number of aromatic nitrogens is 4. The van der Waals surface area contributed by atoms with E-state index in [1.165, 1.54) is 0 Å². The van der Waals surface area contributed by atoms with Crippen LogP contribution in [0.4, 0.5) is 0 Å². The highest BCUT2D eigenvalue weighted by atomic mass is 16.5. The Bertz CT molecular complexity index is 1110. The molecule has 1 unspecified atom stereocenters. The number of Topliss-reactive ketones (excluding diaryl/α,β-unsaturated/α-hetero) is 1. The van der Waals surface area contributed by atoms with Gasteiger partial charge in [0.2, 0.25) is 5.88 Å². The monoisotopic (exact) mass is 360 g/mol. The van der Waals surface area contributed by atoms with Crippen LogP contribution in [0.3, 0.4) is 0 Å². The maximum atomic E-state index is 13.2. The molecule has 0 fully saturated rings. The maximum Gasteiger partial charge on any atom is 0.228 e. The molecule has 136 valence electrons. The SMILES string of the molecule is Cc1nc2c3c(ncn2n1)OC1=C(C(=O)CC(C)(C)C1)C3c1ccccc1. The van der Waals surface area contributed by atoms with Crippen LogP contribution in [0.25, 0.3) is 5.65 Å². The van der Waals surface area contributed by atoms with Crippen LogP contribution in [-0.2, 0) is 4.79 Å². The van der Waals surface area contributed by atoms with Crippen LogP contribution in [-0.4, -0.2) is 25.4 Å². The molecular formula is C21H20N4O2. The van der Waals surface area contributed by atoms with Crippen molar-refractivity contribution in [3.8, 4) is 5.88 Å². The van der Waals surface area contributed by atoms with E-state index in [2.05, 4.69) is 28.9 Å². The lowest BCUT2D eigenvalue weighted by molar-refractivity contribution is -0.118. The average Bonchev–Trinajstić information content (AvgIpc) is 3.00. The van der Waals surface area contributed by atoms with Gasteiger partial charge in [-0.2, -0.15) is 5.10 Å². The first-order chi connectivity index (χ1) is 12.9. The smallest absolute Gasteiger partial charge is 0.228 e. The van der Waals surface area contributed by atoms with Crippen molar-refractivity contribution in [1.29, 1.82) is 0 Å². The first-order valence-corrected chi connectivity index (χ1v) is 9.14. The molecular weight excluding hydrogens is 340 g/mol. The predicted molar refractivity (Wildman–Crippen MR) is 99.5 cm³/mol. The van der Waals surface area contributed by atoms with Crippen molar-refractivity contribution < 1.29 is 9.53 Å². The van der Waals surface area contributed by atoms with Gasteiger partial charge in [0, 0.05) is 24.3 Å². The Morgan fingerprint density at radius 3 is 2.74 bits per heavy atom. The first-order valence-electron chi connectivity index (χ1n) is 9.14. The summed E-state index contributed by atoms with van der Waals surface area (Å²) in [4.78, 5) is 22.3. The second-order valence-electron chi connectivity index (χ2n) is 8.11. The lowest BCUT2D eigenvalue weighted by atomic mass is 9.70. The second kappa shape index (κ2) is 5.49. The number of hydrogen-bond acceptors (Lipinski definition) is 5. The molecule has 0 radical (unpaired) electrons. The van der Waals surface area contributed by atoms with E-state index in [4.69, 9.17) is 4.74 Å². The largest absolute Gasteiger partial charge is 0.442 e. The van der Waals surface area contributed by atoms with Gasteiger partial charge in [-0.05, 0) is 17.9 Å². The van der Waals surface area contributed by atoms with Gasteiger partial charge in [0.15, 0.2) is 11.4 Å². The lowest BCUT2D eigenvalue weighted by Gasteiger charge is -2.37. The van der Waals surface area contributed by atoms with Crippen molar-refractivity contribution in [3.05, 3.63) is 64.9 Å². The van der Waals surface area contributed by atoms with Gasteiger partial charge < -0.3 is 4.74 Å². The highest BCUT2D eigenvalue weighted by Gasteiger charge is 2.43. The highest BCUT2D eigenvalue weighted by Crippen LogP contribution is 2.50. The molecule has 0 amide bonds. The molecule has 3 heterocycles. The number of carbonyl (C=O) groups excluding carboxylic acids is 1. The molecule has 3 aromatic rings. The molecule has 1 atom stereocenters. The number of ketones is 1. The number of nitrogens with zero attached hydrogens (tertiary/aromatic N) is 4. The molecule has 0 spiro atoms. The van der Waals surface area contributed by atoms with Crippen LogP contribution in [0.1, 0.15) is 49.6 Å². The van der Waals surface area contributed by atoms with Crippen LogP contribution >= 0.6 is 0 Å². The number of carbonyl (C=O) groups is 1. The fourth-order valence-electron chi connectivity index (χ4n) is 4.23. The molecule has 0 saturated heterocycles. The van der Waals surface area contributed by atoms with E-state index in [9.17, 15) is 4.79 Å². The zero-order valence-corrected chi connectivity index (χ0v) is 15.6. The van der Waals surface area contributed by atoms with Crippen LogP contribution in [0.15, 0.2) is 48.0 Å². The third kappa shape index (κ3) is 2.47. The molecule has 0 bridgehead atoms. The van der Waals surface area contributed by atoms with Crippen molar-refractivity contribution in [2.45, 2.75) is 39.5 Å². The quantitative estimate of drug-likeness (QED) is 0.663. The number of rotatable bonds is 1. The Morgan fingerprint density at radius 1 is 1.19 bits per heavy atom. The number of fused-ring (bicyclic) bond motifs is 3.